The fourth-order valence-electron chi connectivity index (χ4n) is 2.29. The van der Waals surface area contributed by atoms with Gasteiger partial charge in [0.15, 0.2) is 4.90 Å². The lowest BCUT2D eigenvalue weighted by molar-refractivity contribution is 0.256. The molecule has 0 aliphatic heterocycles. The third kappa shape index (κ3) is 4.75. The van der Waals surface area contributed by atoms with Crippen molar-refractivity contribution < 1.29 is 17.6 Å². The molecule has 2 amide bonds. The summed E-state index contributed by atoms with van der Waals surface area (Å²) in [5, 5.41) is 2.98. The molecular weight excluding hydrogens is 405 g/mol. The van der Waals surface area contributed by atoms with Crippen molar-refractivity contribution in [3.63, 3.8) is 0 Å². The summed E-state index contributed by atoms with van der Waals surface area (Å²) in [5.41, 5.74) is -1.90. The highest BCUT2D eigenvalue weighted by Crippen LogP contribution is 2.17. The molecular formula is C17H14FN5O5S. The molecule has 3 aromatic rings. The van der Waals surface area contributed by atoms with E-state index in [-0.39, 0.29) is 5.69 Å². The Morgan fingerprint density at radius 2 is 1.76 bits per heavy atom. The van der Waals surface area contributed by atoms with Crippen molar-refractivity contribution >= 4 is 27.4 Å². The monoisotopic (exact) mass is 419 g/mol. The third-order valence-electron chi connectivity index (χ3n) is 3.58. The van der Waals surface area contributed by atoms with Crippen molar-refractivity contribution in [2.24, 2.45) is 0 Å². The quantitative estimate of drug-likeness (QED) is 0.458. The first-order valence-electron chi connectivity index (χ1n) is 8.02. The number of carbonyl (C=O) groups is 1. The Balaban J connectivity index is 1.99. The van der Waals surface area contributed by atoms with E-state index >= 15 is 0 Å². The van der Waals surface area contributed by atoms with E-state index in [4.69, 9.17) is 0 Å². The fraction of sp³-hybridized carbons (Fsp3) is 0. The van der Waals surface area contributed by atoms with E-state index in [0.29, 0.717) is 16.9 Å². The first kappa shape index (κ1) is 20.0. The Bertz CT molecular complexity index is 1260. The summed E-state index contributed by atoms with van der Waals surface area (Å²) in [6, 6.07) is 11.7. The van der Waals surface area contributed by atoms with Crippen molar-refractivity contribution in [3.05, 3.63) is 87.4 Å². The standard InChI is InChI=1S/C17H14FN5O5S/c18-11-5-4-8-13(9-11)23(17(26)20-12-6-2-1-3-7-12)22-29(27,28)14-10-19-16(25)21-15(14)24/h1-10,22H,(H,20,26)(H2,19,21,24,25). The molecule has 10 nitrogen and oxygen atoms in total. The van der Waals surface area contributed by atoms with Crippen LogP contribution in [0.3, 0.4) is 0 Å². The Morgan fingerprint density at radius 3 is 2.41 bits per heavy atom. The van der Waals surface area contributed by atoms with Gasteiger partial charge in [0.05, 0.1) is 5.69 Å². The molecule has 0 unspecified atom stereocenters. The first-order valence-corrected chi connectivity index (χ1v) is 9.51. The molecule has 29 heavy (non-hydrogen) atoms. The van der Waals surface area contributed by atoms with Gasteiger partial charge in [0.2, 0.25) is 0 Å². The number of amides is 2. The van der Waals surface area contributed by atoms with Crippen LogP contribution in [-0.4, -0.2) is 24.4 Å². The summed E-state index contributed by atoms with van der Waals surface area (Å²) >= 11 is 0. The van der Waals surface area contributed by atoms with Crippen LogP contribution in [0, 0.1) is 5.82 Å². The lowest BCUT2D eigenvalue weighted by Gasteiger charge is -2.23. The van der Waals surface area contributed by atoms with Crippen LogP contribution >= 0.6 is 0 Å². The van der Waals surface area contributed by atoms with Gasteiger partial charge in [-0.15, -0.1) is 4.83 Å². The highest BCUT2D eigenvalue weighted by atomic mass is 32.2. The Labute approximate surface area is 163 Å². The van der Waals surface area contributed by atoms with Gasteiger partial charge in [-0.3, -0.25) is 9.78 Å². The minimum absolute atomic E-state index is 0.150. The minimum atomic E-state index is -4.63. The average Bonchev–Trinajstić information content (AvgIpc) is 2.66. The highest BCUT2D eigenvalue weighted by molar-refractivity contribution is 7.89. The summed E-state index contributed by atoms with van der Waals surface area (Å²) < 4.78 is 38.9. The number of H-pyrrole nitrogens is 2. The van der Waals surface area contributed by atoms with E-state index in [2.05, 4.69) is 5.32 Å². The lowest BCUT2D eigenvalue weighted by atomic mass is 10.3. The number of hydrazine groups is 1. The maximum atomic E-state index is 13.7. The lowest BCUT2D eigenvalue weighted by Crippen LogP contribution is -2.49. The fourth-order valence-corrected chi connectivity index (χ4v) is 3.33. The SMILES string of the molecule is O=C(Nc1ccccc1)N(NS(=O)(=O)c1c[nH]c(=O)[nH]c1=O)c1cccc(F)c1. The van der Waals surface area contributed by atoms with Crippen molar-refractivity contribution in [1.29, 1.82) is 0 Å². The molecule has 2 aromatic carbocycles. The van der Waals surface area contributed by atoms with Crippen molar-refractivity contribution in [3.8, 4) is 0 Å². The van der Waals surface area contributed by atoms with Gasteiger partial charge >= 0.3 is 11.7 Å². The number of sulfonamides is 1. The van der Waals surface area contributed by atoms with Crippen LogP contribution in [-0.2, 0) is 10.0 Å². The number of rotatable bonds is 5. The Kier molecular flexibility index (Phi) is 5.57. The van der Waals surface area contributed by atoms with Gasteiger partial charge < -0.3 is 10.3 Å². The predicted octanol–water partition coefficient (Wildman–Crippen LogP) is 1.13. The minimum Gasteiger partial charge on any atom is -0.313 e. The number of nitrogens with zero attached hydrogens (tertiary/aromatic N) is 1. The number of hydrogen-bond acceptors (Lipinski definition) is 5. The van der Waals surface area contributed by atoms with Crippen LogP contribution in [0.4, 0.5) is 20.6 Å². The Morgan fingerprint density at radius 1 is 1.03 bits per heavy atom. The molecule has 3 rings (SSSR count). The third-order valence-corrected chi connectivity index (χ3v) is 4.89. The average molecular weight is 419 g/mol. The summed E-state index contributed by atoms with van der Waals surface area (Å²) in [7, 11) is -4.63. The number of urea groups is 1. The summed E-state index contributed by atoms with van der Waals surface area (Å²) in [6.45, 7) is 0. The van der Waals surface area contributed by atoms with Gasteiger partial charge in [-0.1, -0.05) is 24.3 Å². The highest BCUT2D eigenvalue weighted by Gasteiger charge is 2.26. The molecule has 0 fully saturated rings. The number of anilines is 2. The molecule has 0 radical (unpaired) electrons. The second kappa shape index (κ2) is 8.08. The molecule has 0 saturated carbocycles. The topological polar surface area (TPSA) is 144 Å². The molecule has 150 valence electrons. The van der Waals surface area contributed by atoms with Crippen LogP contribution in [0.5, 0.6) is 0 Å². The smallest absolute Gasteiger partial charge is 0.313 e. The van der Waals surface area contributed by atoms with Crippen LogP contribution in [0.2, 0.25) is 0 Å². The molecule has 1 aromatic heterocycles. The van der Waals surface area contributed by atoms with Crippen LogP contribution < -0.4 is 26.4 Å². The number of aromatic nitrogens is 2. The van der Waals surface area contributed by atoms with Gasteiger partial charge in [0.25, 0.3) is 15.6 Å². The van der Waals surface area contributed by atoms with E-state index in [0.717, 1.165) is 12.1 Å². The van der Waals surface area contributed by atoms with Crippen molar-refractivity contribution in [2.75, 3.05) is 10.3 Å². The Hall–Kier alpha value is -3.77. The molecule has 4 N–H and O–H groups in total. The maximum Gasteiger partial charge on any atom is 0.341 e. The van der Waals surface area contributed by atoms with E-state index in [1.54, 1.807) is 35.3 Å². The number of halogens is 1. The summed E-state index contributed by atoms with van der Waals surface area (Å²) in [6.07, 6.45) is 0.683. The van der Waals surface area contributed by atoms with Crippen LogP contribution in [0.25, 0.3) is 0 Å². The zero-order valence-electron chi connectivity index (χ0n) is 14.5. The molecule has 0 aliphatic carbocycles. The van der Waals surface area contributed by atoms with Crippen LogP contribution in [0.1, 0.15) is 0 Å². The molecule has 12 heteroatoms. The number of benzene rings is 2. The number of para-hydroxylation sites is 1. The molecule has 0 aliphatic rings. The van der Waals surface area contributed by atoms with Gasteiger partial charge in [0, 0.05) is 11.9 Å². The summed E-state index contributed by atoms with van der Waals surface area (Å²) in [4.78, 5) is 40.5. The number of hydrogen-bond donors (Lipinski definition) is 4. The molecule has 1 heterocycles. The second-order valence-corrected chi connectivity index (χ2v) is 7.27. The van der Waals surface area contributed by atoms with E-state index in [1.807, 2.05) is 9.82 Å². The molecule has 0 bridgehead atoms. The molecule has 0 spiro atoms. The first-order chi connectivity index (χ1) is 13.8. The second-order valence-electron chi connectivity index (χ2n) is 5.64. The van der Waals surface area contributed by atoms with Crippen molar-refractivity contribution in [2.45, 2.75) is 4.90 Å². The maximum absolute atomic E-state index is 13.7. The molecule has 0 atom stereocenters. The van der Waals surface area contributed by atoms with Gasteiger partial charge in [-0.25, -0.2) is 27.4 Å². The van der Waals surface area contributed by atoms with Gasteiger partial charge in [0.1, 0.15) is 5.82 Å². The van der Waals surface area contributed by atoms with Gasteiger partial charge in [-0.2, -0.15) is 0 Å². The zero-order chi connectivity index (χ0) is 21.0. The normalized spacial score (nSPS) is 11.1. The van der Waals surface area contributed by atoms with E-state index in [1.165, 1.54) is 12.1 Å². The predicted molar refractivity (Wildman–Crippen MR) is 102 cm³/mol. The summed E-state index contributed by atoms with van der Waals surface area (Å²) in [5.74, 6) is -0.721. The largest absolute Gasteiger partial charge is 0.341 e. The van der Waals surface area contributed by atoms with Crippen molar-refractivity contribution in [1.82, 2.24) is 14.8 Å². The number of aromatic amines is 2. The van der Waals surface area contributed by atoms with Gasteiger partial charge in [-0.05, 0) is 30.3 Å². The number of nitrogens with one attached hydrogen (secondary N) is 4. The van der Waals surface area contributed by atoms with E-state index in [9.17, 15) is 27.2 Å². The van der Waals surface area contributed by atoms with E-state index < -0.39 is 38.0 Å². The molecule has 0 saturated heterocycles. The van der Waals surface area contributed by atoms with Crippen LogP contribution in [0.15, 0.2) is 75.3 Å². The number of carbonyl (C=O) groups excluding carboxylic acids is 1. The zero-order valence-corrected chi connectivity index (χ0v) is 15.4.